The minimum absolute atomic E-state index is 0.00131. The molecule has 1 unspecified atom stereocenters. The molecule has 0 amide bonds. The van der Waals surface area contributed by atoms with Crippen LogP contribution < -0.4 is 10.0 Å². The Balaban J connectivity index is 1.85. The van der Waals surface area contributed by atoms with E-state index < -0.39 is 10.0 Å². The molecule has 2 N–H and O–H groups in total. The van der Waals surface area contributed by atoms with Crippen molar-refractivity contribution in [3.05, 3.63) is 0 Å². The van der Waals surface area contributed by atoms with Gasteiger partial charge >= 0.3 is 0 Å². The van der Waals surface area contributed by atoms with Gasteiger partial charge in [0.1, 0.15) is 0 Å². The summed E-state index contributed by atoms with van der Waals surface area (Å²) < 4.78 is 27.4. The summed E-state index contributed by atoms with van der Waals surface area (Å²) in [4.78, 5) is 0. The molecule has 1 saturated heterocycles. The molecular weight excluding hydrogens is 260 g/mol. The van der Waals surface area contributed by atoms with Gasteiger partial charge in [0.25, 0.3) is 0 Å². The lowest BCUT2D eigenvalue weighted by molar-refractivity contribution is 0.206. The molecule has 0 aromatic carbocycles. The summed E-state index contributed by atoms with van der Waals surface area (Å²) in [6, 6.07) is 0.0716. The van der Waals surface area contributed by atoms with E-state index >= 15 is 0 Å². The van der Waals surface area contributed by atoms with E-state index in [4.69, 9.17) is 0 Å². The molecule has 1 heterocycles. The second-order valence-corrected chi connectivity index (χ2v) is 8.76. The van der Waals surface area contributed by atoms with Gasteiger partial charge in [0.2, 0.25) is 10.0 Å². The molecule has 1 saturated carbocycles. The molecule has 2 rings (SSSR count). The van der Waals surface area contributed by atoms with Crippen molar-refractivity contribution in [2.75, 3.05) is 18.8 Å². The van der Waals surface area contributed by atoms with E-state index in [1.165, 1.54) is 25.7 Å². The second kappa shape index (κ2) is 6.10. The maximum absolute atomic E-state index is 12.2. The van der Waals surface area contributed by atoms with E-state index in [9.17, 15) is 8.42 Å². The van der Waals surface area contributed by atoms with Crippen LogP contribution in [0.3, 0.4) is 0 Å². The van der Waals surface area contributed by atoms with Crippen LogP contribution in [-0.2, 0) is 10.0 Å². The van der Waals surface area contributed by atoms with Gasteiger partial charge in [-0.2, -0.15) is 0 Å². The van der Waals surface area contributed by atoms with Crippen LogP contribution in [0.1, 0.15) is 52.4 Å². The van der Waals surface area contributed by atoms with E-state index in [2.05, 4.69) is 23.9 Å². The van der Waals surface area contributed by atoms with Crippen molar-refractivity contribution in [1.29, 1.82) is 0 Å². The molecule has 2 aliphatic rings. The van der Waals surface area contributed by atoms with Gasteiger partial charge < -0.3 is 5.32 Å². The van der Waals surface area contributed by atoms with Gasteiger partial charge in [-0.1, -0.05) is 39.5 Å². The van der Waals surface area contributed by atoms with Crippen LogP contribution in [0.25, 0.3) is 0 Å². The highest BCUT2D eigenvalue weighted by Crippen LogP contribution is 2.29. The summed E-state index contributed by atoms with van der Waals surface area (Å²) in [7, 11) is -3.12. The van der Waals surface area contributed by atoms with Crippen molar-refractivity contribution in [1.82, 2.24) is 10.0 Å². The number of sulfonamides is 1. The summed E-state index contributed by atoms with van der Waals surface area (Å²) in [6.07, 6.45) is 6.71. The standard InChI is InChI=1S/C14H28N2O2S/c1-14(2)11-15-9-7-13(14)16-19(17,18)10-8-12-5-3-4-6-12/h12-13,15-16H,3-11H2,1-2H3. The molecule has 0 aromatic heterocycles. The van der Waals surface area contributed by atoms with Gasteiger partial charge in [0.15, 0.2) is 0 Å². The van der Waals surface area contributed by atoms with Gasteiger partial charge in [0.05, 0.1) is 5.75 Å². The highest BCUT2D eigenvalue weighted by molar-refractivity contribution is 7.89. The third-order valence-corrected chi connectivity index (χ3v) is 6.14. The number of hydrogen-bond donors (Lipinski definition) is 2. The average molecular weight is 288 g/mol. The fourth-order valence-electron chi connectivity index (χ4n) is 3.29. The van der Waals surface area contributed by atoms with Crippen molar-refractivity contribution in [3.8, 4) is 0 Å². The Kier molecular flexibility index (Phi) is 4.90. The van der Waals surface area contributed by atoms with Gasteiger partial charge in [0, 0.05) is 12.6 Å². The van der Waals surface area contributed by atoms with Gasteiger partial charge in [-0.3, -0.25) is 0 Å². The molecule has 4 nitrogen and oxygen atoms in total. The third kappa shape index (κ3) is 4.43. The lowest BCUT2D eigenvalue weighted by Crippen LogP contribution is -2.54. The van der Waals surface area contributed by atoms with E-state index in [0.717, 1.165) is 25.9 Å². The molecule has 0 spiro atoms. The summed E-state index contributed by atoms with van der Waals surface area (Å²) in [5.41, 5.74) is -0.00131. The van der Waals surface area contributed by atoms with Crippen molar-refractivity contribution in [2.45, 2.75) is 58.4 Å². The zero-order chi connectivity index (χ0) is 13.9. The maximum atomic E-state index is 12.2. The molecule has 1 aliphatic heterocycles. The second-order valence-electron chi connectivity index (χ2n) is 6.88. The molecule has 1 atom stereocenters. The highest BCUT2D eigenvalue weighted by Gasteiger charge is 2.34. The first-order valence-electron chi connectivity index (χ1n) is 7.60. The number of piperidine rings is 1. The minimum Gasteiger partial charge on any atom is -0.316 e. The van der Waals surface area contributed by atoms with Crippen molar-refractivity contribution < 1.29 is 8.42 Å². The topological polar surface area (TPSA) is 58.2 Å². The largest absolute Gasteiger partial charge is 0.316 e. The Hall–Kier alpha value is -0.130. The Morgan fingerprint density at radius 3 is 2.53 bits per heavy atom. The average Bonchev–Trinajstić information content (AvgIpc) is 2.82. The van der Waals surface area contributed by atoms with E-state index in [-0.39, 0.29) is 11.5 Å². The van der Waals surface area contributed by atoms with E-state index in [1.807, 2.05) is 0 Å². The lowest BCUT2D eigenvalue weighted by Gasteiger charge is -2.39. The number of nitrogens with one attached hydrogen (secondary N) is 2. The van der Waals surface area contributed by atoms with Crippen LogP contribution in [0.2, 0.25) is 0 Å². The SMILES string of the molecule is CC1(C)CNCCC1NS(=O)(=O)CCC1CCCC1. The predicted octanol–water partition coefficient (Wildman–Crippen LogP) is 1.87. The van der Waals surface area contributed by atoms with Crippen LogP contribution >= 0.6 is 0 Å². The molecule has 0 aromatic rings. The van der Waals surface area contributed by atoms with Crippen LogP contribution in [-0.4, -0.2) is 33.3 Å². The van der Waals surface area contributed by atoms with E-state index in [1.54, 1.807) is 0 Å². The zero-order valence-electron chi connectivity index (χ0n) is 12.2. The molecule has 0 bridgehead atoms. The molecule has 2 fully saturated rings. The summed E-state index contributed by atoms with van der Waals surface area (Å²) in [6.45, 7) is 6.04. The van der Waals surface area contributed by atoms with Crippen molar-refractivity contribution in [3.63, 3.8) is 0 Å². The minimum atomic E-state index is -3.12. The van der Waals surface area contributed by atoms with Crippen molar-refractivity contribution in [2.24, 2.45) is 11.3 Å². The smallest absolute Gasteiger partial charge is 0.211 e. The Labute approximate surface area is 117 Å². The van der Waals surface area contributed by atoms with Gasteiger partial charge in [-0.15, -0.1) is 0 Å². The predicted molar refractivity (Wildman–Crippen MR) is 78.6 cm³/mol. The van der Waals surface area contributed by atoms with Gasteiger partial charge in [-0.25, -0.2) is 13.1 Å². The maximum Gasteiger partial charge on any atom is 0.211 e. The Morgan fingerprint density at radius 2 is 1.89 bits per heavy atom. The van der Waals surface area contributed by atoms with E-state index in [0.29, 0.717) is 11.7 Å². The van der Waals surface area contributed by atoms with Crippen LogP contribution in [0.5, 0.6) is 0 Å². The molecule has 0 radical (unpaired) electrons. The Bertz CT molecular complexity index is 386. The van der Waals surface area contributed by atoms with Crippen LogP contribution in [0, 0.1) is 11.3 Å². The zero-order valence-corrected chi connectivity index (χ0v) is 13.1. The van der Waals surface area contributed by atoms with Crippen LogP contribution in [0.4, 0.5) is 0 Å². The highest BCUT2D eigenvalue weighted by atomic mass is 32.2. The molecule has 19 heavy (non-hydrogen) atoms. The molecule has 1 aliphatic carbocycles. The molecular formula is C14H28N2O2S. The first kappa shape index (κ1) is 15.3. The first-order valence-corrected chi connectivity index (χ1v) is 9.25. The summed E-state index contributed by atoms with van der Waals surface area (Å²) in [5, 5.41) is 3.33. The Morgan fingerprint density at radius 1 is 1.21 bits per heavy atom. The van der Waals surface area contributed by atoms with Crippen molar-refractivity contribution >= 4 is 10.0 Å². The normalized spacial score (nSPS) is 28.6. The lowest BCUT2D eigenvalue weighted by atomic mass is 9.81. The fourth-order valence-corrected chi connectivity index (χ4v) is 4.92. The first-order chi connectivity index (χ1) is 8.89. The quantitative estimate of drug-likeness (QED) is 0.812. The van der Waals surface area contributed by atoms with Gasteiger partial charge in [-0.05, 0) is 30.7 Å². The molecule has 5 heteroatoms. The molecule has 112 valence electrons. The third-order valence-electron chi connectivity index (χ3n) is 4.73. The number of hydrogen-bond acceptors (Lipinski definition) is 3. The summed E-state index contributed by atoms with van der Waals surface area (Å²) >= 11 is 0. The summed E-state index contributed by atoms with van der Waals surface area (Å²) in [5.74, 6) is 0.940. The number of rotatable bonds is 5. The monoisotopic (exact) mass is 288 g/mol. The fraction of sp³-hybridized carbons (Fsp3) is 1.00. The van der Waals surface area contributed by atoms with Crippen LogP contribution in [0.15, 0.2) is 0 Å².